The number of H-pyrrole nitrogens is 1. The Bertz CT molecular complexity index is 880. The zero-order chi connectivity index (χ0) is 17.8. The fourth-order valence-electron chi connectivity index (χ4n) is 3.33. The maximum Gasteiger partial charge on any atom is 0.258 e. The number of ether oxygens (including phenoxy) is 1. The number of nitrogens with zero attached hydrogens (tertiary/aromatic N) is 3. The summed E-state index contributed by atoms with van der Waals surface area (Å²) < 4.78 is 5.52. The molecule has 26 heavy (non-hydrogen) atoms. The van der Waals surface area contributed by atoms with Crippen LogP contribution in [0.2, 0.25) is 0 Å². The fraction of sp³-hybridized carbons (Fsp3) is 0.316. The largest absolute Gasteiger partial charge is 0.484 e. The van der Waals surface area contributed by atoms with Gasteiger partial charge >= 0.3 is 0 Å². The van der Waals surface area contributed by atoms with Crippen molar-refractivity contribution in [3.05, 3.63) is 48.9 Å². The van der Waals surface area contributed by atoms with Gasteiger partial charge in [0.15, 0.2) is 6.61 Å². The van der Waals surface area contributed by atoms with Crippen molar-refractivity contribution in [2.24, 2.45) is 0 Å². The molecule has 2 aromatic heterocycles. The van der Waals surface area contributed by atoms with Crippen LogP contribution in [-0.4, -0.2) is 46.6 Å². The number of hydrogen-bond acceptors (Lipinski definition) is 5. The summed E-state index contributed by atoms with van der Waals surface area (Å²) in [6, 6.07) is 11.4. The van der Waals surface area contributed by atoms with Gasteiger partial charge in [-0.25, -0.2) is 9.97 Å². The number of aromatic nitrogens is 3. The molecule has 1 fully saturated rings. The number of anilines is 1. The molecule has 134 valence electrons. The van der Waals surface area contributed by atoms with E-state index in [9.17, 15) is 4.79 Å². The minimum atomic E-state index is -0.102. The Balaban J connectivity index is 1.36. The molecule has 0 saturated carbocycles. The molecule has 1 aliphatic rings. The lowest BCUT2D eigenvalue weighted by atomic mass is 10.1. The lowest BCUT2D eigenvalue weighted by Crippen LogP contribution is -2.49. The molecule has 0 aliphatic carbocycles. The van der Waals surface area contributed by atoms with Crippen molar-refractivity contribution in [3.8, 4) is 5.75 Å². The summed E-state index contributed by atoms with van der Waals surface area (Å²) >= 11 is 0. The normalized spacial score (nSPS) is 17.2. The maximum atomic E-state index is 12.2. The Morgan fingerprint density at radius 3 is 3.04 bits per heavy atom. The molecule has 1 saturated heterocycles. The summed E-state index contributed by atoms with van der Waals surface area (Å²) in [5, 5.41) is 4.08. The van der Waals surface area contributed by atoms with Crippen molar-refractivity contribution in [3.63, 3.8) is 0 Å². The monoisotopic (exact) mass is 351 g/mol. The quantitative estimate of drug-likeness (QED) is 0.736. The van der Waals surface area contributed by atoms with Crippen LogP contribution in [0.3, 0.4) is 0 Å². The Kier molecular flexibility index (Phi) is 4.68. The molecule has 1 atom stereocenters. The standard InChI is InChI=1S/C19H21N5O2/c25-17(12-26-15-6-2-1-3-7-15)23-14-5-4-10-24(11-14)19-16-8-9-20-18(16)21-13-22-19/h1-3,6-9,13-14H,4-5,10-12H2,(H,23,25)(H,20,21,22)/t14-/m0/s1. The van der Waals surface area contributed by atoms with Gasteiger partial charge in [-0.15, -0.1) is 0 Å². The van der Waals surface area contributed by atoms with Gasteiger partial charge in [-0.1, -0.05) is 18.2 Å². The molecule has 0 bridgehead atoms. The van der Waals surface area contributed by atoms with Gasteiger partial charge in [0.1, 0.15) is 23.5 Å². The molecule has 3 aromatic rings. The highest BCUT2D eigenvalue weighted by atomic mass is 16.5. The Morgan fingerprint density at radius 2 is 2.15 bits per heavy atom. The first-order valence-corrected chi connectivity index (χ1v) is 8.80. The minimum absolute atomic E-state index is 0.0239. The van der Waals surface area contributed by atoms with Crippen LogP contribution < -0.4 is 15.0 Å². The number of aromatic amines is 1. The first kappa shape index (κ1) is 16.4. The van der Waals surface area contributed by atoms with Gasteiger partial charge in [0.25, 0.3) is 5.91 Å². The third-order valence-corrected chi connectivity index (χ3v) is 4.53. The molecule has 7 nitrogen and oxygen atoms in total. The summed E-state index contributed by atoms with van der Waals surface area (Å²) in [6.07, 6.45) is 5.40. The predicted octanol–water partition coefficient (Wildman–Crippen LogP) is 2.12. The Hall–Kier alpha value is -3.09. The number of carbonyl (C=O) groups excluding carboxylic acids is 1. The first-order chi connectivity index (χ1) is 12.8. The third-order valence-electron chi connectivity index (χ3n) is 4.53. The van der Waals surface area contributed by atoms with E-state index in [4.69, 9.17) is 4.74 Å². The molecule has 4 rings (SSSR count). The van der Waals surface area contributed by atoms with Gasteiger partial charge in [-0.2, -0.15) is 0 Å². The number of carbonyl (C=O) groups is 1. The SMILES string of the molecule is O=C(COc1ccccc1)N[C@H]1CCCN(c2ncnc3[nH]ccc23)C1. The van der Waals surface area contributed by atoms with E-state index >= 15 is 0 Å². The van der Waals surface area contributed by atoms with Crippen LogP contribution >= 0.6 is 0 Å². The number of fused-ring (bicyclic) bond motifs is 1. The van der Waals surface area contributed by atoms with Gasteiger partial charge in [0, 0.05) is 25.3 Å². The second kappa shape index (κ2) is 7.43. The highest BCUT2D eigenvalue weighted by Gasteiger charge is 2.24. The van der Waals surface area contributed by atoms with Crippen LogP contribution in [0.1, 0.15) is 12.8 Å². The first-order valence-electron chi connectivity index (χ1n) is 8.80. The van der Waals surface area contributed by atoms with Gasteiger partial charge in [0.2, 0.25) is 0 Å². The Morgan fingerprint density at radius 1 is 1.27 bits per heavy atom. The van der Waals surface area contributed by atoms with E-state index < -0.39 is 0 Å². The summed E-state index contributed by atoms with van der Waals surface area (Å²) in [5.74, 6) is 1.51. The number of rotatable bonds is 5. The molecule has 0 spiro atoms. The number of amides is 1. The predicted molar refractivity (Wildman–Crippen MR) is 99.2 cm³/mol. The zero-order valence-electron chi connectivity index (χ0n) is 14.4. The summed E-state index contributed by atoms with van der Waals surface area (Å²) in [6.45, 7) is 1.68. The molecule has 0 unspecified atom stereocenters. The fourth-order valence-corrected chi connectivity index (χ4v) is 3.33. The van der Waals surface area contributed by atoms with Crippen molar-refractivity contribution in [2.45, 2.75) is 18.9 Å². The van der Waals surface area contributed by atoms with Crippen molar-refractivity contribution >= 4 is 22.8 Å². The van der Waals surface area contributed by atoms with E-state index in [0.717, 1.165) is 42.8 Å². The van der Waals surface area contributed by atoms with Gasteiger partial charge in [-0.3, -0.25) is 4.79 Å². The van der Waals surface area contributed by atoms with E-state index in [2.05, 4.69) is 25.2 Å². The molecule has 3 heterocycles. The highest BCUT2D eigenvalue weighted by molar-refractivity contribution is 5.87. The van der Waals surface area contributed by atoms with E-state index in [1.807, 2.05) is 42.6 Å². The molecule has 1 aliphatic heterocycles. The maximum absolute atomic E-state index is 12.2. The lowest BCUT2D eigenvalue weighted by molar-refractivity contribution is -0.123. The van der Waals surface area contributed by atoms with Gasteiger partial charge in [-0.05, 0) is 31.0 Å². The average Bonchev–Trinajstić information content (AvgIpc) is 3.16. The zero-order valence-corrected chi connectivity index (χ0v) is 14.4. The number of para-hydroxylation sites is 1. The van der Waals surface area contributed by atoms with Crippen molar-refractivity contribution in [1.82, 2.24) is 20.3 Å². The van der Waals surface area contributed by atoms with Crippen LogP contribution in [0.5, 0.6) is 5.75 Å². The second-order valence-electron chi connectivity index (χ2n) is 6.39. The van der Waals surface area contributed by atoms with E-state index in [1.165, 1.54) is 0 Å². The van der Waals surface area contributed by atoms with Crippen LogP contribution in [0.15, 0.2) is 48.9 Å². The Labute approximate surface area is 151 Å². The third kappa shape index (κ3) is 3.61. The van der Waals surface area contributed by atoms with Crippen LogP contribution in [0, 0.1) is 0 Å². The average molecular weight is 351 g/mol. The van der Waals surface area contributed by atoms with Crippen molar-refractivity contribution in [2.75, 3.05) is 24.6 Å². The molecule has 1 aromatic carbocycles. The lowest BCUT2D eigenvalue weighted by Gasteiger charge is -2.34. The topological polar surface area (TPSA) is 83.1 Å². The molecule has 1 amide bonds. The molecular weight excluding hydrogens is 330 g/mol. The molecule has 2 N–H and O–H groups in total. The molecule has 7 heteroatoms. The van der Waals surface area contributed by atoms with E-state index in [0.29, 0.717) is 5.75 Å². The molecular formula is C19H21N5O2. The summed E-state index contributed by atoms with van der Waals surface area (Å²) in [4.78, 5) is 26.2. The number of benzene rings is 1. The van der Waals surface area contributed by atoms with Crippen LogP contribution in [0.25, 0.3) is 11.0 Å². The van der Waals surface area contributed by atoms with Crippen LogP contribution in [0.4, 0.5) is 5.82 Å². The van der Waals surface area contributed by atoms with Crippen molar-refractivity contribution in [1.29, 1.82) is 0 Å². The number of piperidine rings is 1. The second-order valence-corrected chi connectivity index (χ2v) is 6.39. The summed E-state index contributed by atoms with van der Waals surface area (Å²) in [7, 11) is 0. The van der Waals surface area contributed by atoms with E-state index in [-0.39, 0.29) is 18.6 Å². The summed E-state index contributed by atoms with van der Waals surface area (Å²) in [5.41, 5.74) is 0.831. The number of nitrogens with one attached hydrogen (secondary N) is 2. The van der Waals surface area contributed by atoms with E-state index in [1.54, 1.807) is 6.33 Å². The smallest absolute Gasteiger partial charge is 0.258 e. The van der Waals surface area contributed by atoms with Crippen LogP contribution in [-0.2, 0) is 4.79 Å². The highest BCUT2D eigenvalue weighted by Crippen LogP contribution is 2.25. The van der Waals surface area contributed by atoms with Gasteiger partial charge < -0.3 is 19.9 Å². The minimum Gasteiger partial charge on any atom is -0.484 e. The van der Waals surface area contributed by atoms with Crippen molar-refractivity contribution < 1.29 is 9.53 Å². The van der Waals surface area contributed by atoms with Gasteiger partial charge in [0.05, 0.1) is 5.39 Å². The molecule has 0 radical (unpaired) electrons. The number of hydrogen-bond donors (Lipinski definition) is 2.